The van der Waals surface area contributed by atoms with E-state index in [0.29, 0.717) is 23.8 Å². The van der Waals surface area contributed by atoms with Crippen LogP contribution in [0.1, 0.15) is 23.6 Å². The topological polar surface area (TPSA) is 79.9 Å². The first kappa shape index (κ1) is 22.3. The third-order valence-corrected chi connectivity index (χ3v) is 5.10. The molecule has 7 heteroatoms. The number of nitrogens with zero attached hydrogens (tertiary/aromatic N) is 1. The molecule has 3 aromatic rings. The molecular weight excluding hydrogens is 392 g/mol. The summed E-state index contributed by atoms with van der Waals surface area (Å²) >= 11 is 0. The molecule has 0 aliphatic heterocycles. The summed E-state index contributed by atoms with van der Waals surface area (Å²) in [5.74, 6) is 2.60. The molecule has 3 rings (SSSR count). The number of rotatable bonds is 9. The maximum atomic E-state index is 5.43. The average molecular weight is 425 g/mol. The molecule has 31 heavy (non-hydrogen) atoms. The molecule has 0 aliphatic rings. The Labute approximate surface area is 183 Å². The molecule has 0 unspecified atom stereocenters. The number of methoxy groups -OCH3 is 3. The fraction of sp³-hybridized carbons (Fsp3) is 0.375. The third kappa shape index (κ3) is 5.42. The Morgan fingerprint density at radius 1 is 1.00 bits per heavy atom. The standard InChI is InChI=1S/C24H32N4O3/c1-6-25-24(26-10-9-18-15-27-20-11-16(2)7-8-19(18)20)28-14-17-12-21(29-3)23(31-5)22(13-17)30-4/h7-8,11-13,15,27H,6,9-10,14H2,1-5H3,(H2,25,26,28). The van der Waals surface area contributed by atoms with Crippen molar-refractivity contribution in [3.63, 3.8) is 0 Å². The molecule has 0 aliphatic carbocycles. The quantitative estimate of drug-likeness (QED) is 0.360. The van der Waals surface area contributed by atoms with E-state index in [1.54, 1.807) is 21.3 Å². The van der Waals surface area contributed by atoms with Gasteiger partial charge in [0.1, 0.15) is 0 Å². The van der Waals surface area contributed by atoms with Gasteiger partial charge in [0.25, 0.3) is 0 Å². The Bertz CT molecular complexity index is 1020. The van der Waals surface area contributed by atoms with Crippen LogP contribution in [0.3, 0.4) is 0 Å². The normalized spacial score (nSPS) is 11.5. The van der Waals surface area contributed by atoms with Crippen molar-refractivity contribution in [3.05, 3.63) is 53.2 Å². The minimum absolute atomic E-state index is 0.485. The molecule has 166 valence electrons. The number of guanidine groups is 1. The van der Waals surface area contributed by atoms with Crippen LogP contribution in [0.2, 0.25) is 0 Å². The average Bonchev–Trinajstić information content (AvgIpc) is 3.18. The molecule has 2 aromatic carbocycles. The van der Waals surface area contributed by atoms with Gasteiger partial charge in [-0.2, -0.15) is 0 Å². The highest BCUT2D eigenvalue weighted by molar-refractivity contribution is 5.84. The monoisotopic (exact) mass is 424 g/mol. The van der Waals surface area contributed by atoms with Gasteiger partial charge in [-0.25, -0.2) is 4.99 Å². The second-order valence-corrected chi connectivity index (χ2v) is 7.27. The Morgan fingerprint density at radius 3 is 2.39 bits per heavy atom. The van der Waals surface area contributed by atoms with E-state index in [1.807, 2.05) is 12.1 Å². The van der Waals surface area contributed by atoms with Crippen LogP contribution in [-0.2, 0) is 13.0 Å². The number of ether oxygens (including phenoxy) is 3. The molecule has 7 nitrogen and oxygen atoms in total. The summed E-state index contributed by atoms with van der Waals surface area (Å²) < 4.78 is 16.3. The van der Waals surface area contributed by atoms with Crippen molar-refractivity contribution in [2.24, 2.45) is 4.99 Å². The van der Waals surface area contributed by atoms with Crippen LogP contribution in [0.4, 0.5) is 0 Å². The van der Waals surface area contributed by atoms with Crippen LogP contribution in [0.5, 0.6) is 17.2 Å². The largest absolute Gasteiger partial charge is 0.493 e. The van der Waals surface area contributed by atoms with Gasteiger partial charge in [-0.1, -0.05) is 12.1 Å². The highest BCUT2D eigenvalue weighted by Gasteiger charge is 2.13. The van der Waals surface area contributed by atoms with E-state index in [4.69, 9.17) is 19.2 Å². The molecule has 1 aromatic heterocycles. The fourth-order valence-corrected chi connectivity index (χ4v) is 3.56. The number of hydrogen-bond acceptors (Lipinski definition) is 4. The van der Waals surface area contributed by atoms with Crippen LogP contribution in [0, 0.1) is 6.92 Å². The number of H-pyrrole nitrogens is 1. The SMILES string of the molecule is CCNC(=NCc1cc(OC)c(OC)c(OC)c1)NCCc1c[nH]c2cc(C)ccc12. The van der Waals surface area contributed by atoms with Crippen molar-refractivity contribution in [2.75, 3.05) is 34.4 Å². The fourth-order valence-electron chi connectivity index (χ4n) is 3.56. The van der Waals surface area contributed by atoms with E-state index in [1.165, 1.54) is 22.0 Å². The van der Waals surface area contributed by atoms with Gasteiger partial charge in [-0.05, 0) is 55.2 Å². The molecule has 0 radical (unpaired) electrons. The molecular formula is C24H32N4O3. The van der Waals surface area contributed by atoms with E-state index in [-0.39, 0.29) is 0 Å². The van der Waals surface area contributed by atoms with E-state index in [0.717, 1.165) is 31.0 Å². The Balaban J connectivity index is 1.67. The Hall–Kier alpha value is -3.35. The van der Waals surface area contributed by atoms with Crippen molar-refractivity contribution in [2.45, 2.75) is 26.8 Å². The number of fused-ring (bicyclic) bond motifs is 1. The molecule has 1 heterocycles. The summed E-state index contributed by atoms with van der Waals surface area (Å²) in [5, 5.41) is 7.99. The summed E-state index contributed by atoms with van der Waals surface area (Å²) in [6.45, 7) is 6.21. The molecule has 0 saturated heterocycles. The molecule has 0 atom stereocenters. The summed E-state index contributed by atoms with van der Waals surface area (Å²) in [7, 11) is 4.82. The zero-order valence-corrected chi connectivity index (χ0v) is 19.0. The van der Waals surface area contributed by atoms with Crippen LogP contribution in [0.15, 0.2) is 41.5 Å². The summed E-state index contributed by atoms with van der Waals surface area (Å²) in [4.78, 5) is 8.08. The highest BCUT2D eigenvalue weighted by Crippen LogP contribution is 2.38. The van der Waals surface area contributed by atoms with E-state index in [9.17, 15) is 0 Å². The van der Waals surface area contributed by atoms with Crippen molar-refractivity contribution in [3.8, 4) is 17.2 Å². The van der Waals surface area contributed by atoms with Gasteiger partial charge in [-0.15, -0.1) is 0 Å². The minimum atomic E-state index is 0.485. The Morgan fingerprint density at radius 2 is 1.74 bits per heavy atom. The highest BCUT2D eigenvalue weighted by atomic mass is 16.5. The molecule has 0 fully saturated rings. The maximum absolute atomic E-state index is 5.43. The lowest BCUT2D eigenvalue weighted by Gasteiger charge is -2.14. The zero-order chi connectivity index (χ0) is 22.2. The maximum Gasteiger partial charge on any atom is 0.203 e. The van der Waals surface area contributed by atoms with Crippen molar-refractivity contribution in [1.29, 1.82) is 0 Å². The lowest BCUT2D eigenvalue weighted by atomic mass is 10.1. The van der Waals surface area contributed by atoms with Crippen LogP contribution >= 0.6 is 0 Å². The van der Waals surface area contributed by atoms with Crippen molar-refractivity contribution >= 4 is 16.9 Å². The first-order valence-corrected chi connectivity index (χ1v) is 10.5. The second-order valence-electron chi connectivity index (χ2n) is 7.27. The van der Waals surface area contributed by atoms with Gasteiger partial charge >= 0.3 is 0 Å². The van der Waals surface area contributed by atoms with Gasteiger partial charge in [-0.3, -0.25) is 0 Å². The first-order valence-electron chi connectivity index (χ1n) is 10.5. The van der Waals surface area contributed by atoms with Crippen LogP contribution < -0.4 is 24.8 Å². The van der Waals surface area contributed by atoms with Gasteiger partial charge in [0.15, 0.2) is 17.5 Å². The van der Waals surface area contributed by atoms with E-state index >= 15 is 0 Å². The van der Waals surface area contributed by atoms with E-state index < -0.39 is 0 Å². The number of benzene rings is 2. The number of nitrogens with one attached hydrogen (secondary N) is 3. The van der Waals surface area contributed by atoms with E-state index in [2.05, 4.69) is 53.9 Å². The van der Waals surface area contributed by atoms with Crippen molar-refractivity contribution < 1.29 is 14.2 Å². The van der Waals surface area contributed by atoms with Crippen molar-refractivity contribution in [1.82, 2.24) is 15.6 Å². The van der Waals surface area contributed by atoms with Gasteiger partial charge in [0.2, 0.25) is 5.75 Å². The number of aryl methyl sites for hydroxylation is 1. The third-order valence-electron chi connectivity index (χ3n) is 5.10. The Kier molecular flexibility index (Phi) is 7.65. The molecule has 0 saturated carbocycles. The van der Waals surface area contributed by atoms with Gasteiger partial charge in [0, 0.05) is 30.2 Å². The number of aromatic nitrogens is 1. The zero-order valence-electron chi connectivity index (χ0n) is 19.0. The minimum Gasteiger partial charge on any atom is -0.493 e. The lowest BCUT2D eigenvalue weighted by molar-refractivity contribution is 0.324. The number of aromatic amines is 1. The summed E-state index contributed by atoms with van der Waals surface area (Å²) in [6.07, 6.45) is 2.99. The number of hydrogen-bond donors (Lipinski definition) is 3. The lowest BCUT2D eigenvalue weighted by Crippen LogP contribution is -2.38. The number of aliphatic imine (C=N–C) groups is 1. The smallest absolute Gasteiger partial charge is 0.203 e. The summed E-state index contributed by atoms with van der Waals surface area (Å²) in [5.41, 5.74) is 4.70. The van der Waals surface area contributed by atoms with Gasteiger partial charge in [0.05, 0.1) is 27.9 Å². The predicted molar refractivity (Wildman–Crippen MR) is 126 cm³/mol. The predicted octanol–water partition coefficient (Wildman–Crippen LogP) is 3.80. The second kappa shape index (κ2) is 10.6. The molecule has 3 N–H and O–H groups in total. The van der Waals surface area contributed by atoms with Crippen LogP contribution in [0.25, 0.3) is 10.9 Å². The molecule has 0 spiro atoms. The molecule has 0 amide bonds. The first-order chi connectivity index (χ1) is 15.1. The van der Waals surface area contributed by atoms with Crippen LogP contribution in [-0.4, -0.2) is 45.4 Å². The molecule has 0 bridgehead atoms. The van der Waals surface area contributed by atoms with Gasteiger partial charge < -0.3 is 29.8 Å². The summed E-state index contributed by atoms with van der Waals surface area (Å²) in [6, 6.07) is 10.3.